The van der Waals surface area contributed by atoms with Gasteiger partial charge in [0.05, 0.1) is 12.1 Å². The molecule has 0 aliphatic carbocycles. The van der Waals surface area contributed by atoms with Gasteiger partial charge in [-0.25, -0.2) is 4.99 Å². The number of likely N-dealkylation sites (N-methyl/N-ethyl adjacent to an activating group) is 1. The van der Waals surface area contributed by atoms with Crippen LogP contribution in [0, 0.1) is 0 Å². The van der Waals surface area contributed by atoms with Crippen molar-refractivity contribution in [1.82, 2.24) is 5.32 Å². The second kappa shape index (κ2) is 9.65. The maximum atomic E-state index is 11.2. The van der Waals surface area contributed by atoms with E-state index in [2.05, 4.69) is 15.6 Å². The molecule has 4 N–H and O–H groups in total. The smallest absolute Gasteiger partial charge is 0.241 e. The number of anilines is 1. The first-order chi connectivity index (χ1) is 9.06. The number of nitrogens with zero attached hydrogens (tertiary/aromatic N) is 1. The number of nitrogens with one attached hydrogen (secondary N) is 2. The average Bonchev–Trinajstić information content (AvgIpc) is 2.37. The van der Waals surface area contributed by atoms with Gasteiger partial charge < -0.3 is 21.1 Å². The van der Waals surface area contributed by atoms with Gasteiger partial charge in [0.1, 0.15) is 12.3 Å². The molecule has 0 heterocycles. The van der Waals surface area contributed by atoms with Gasteiger partial charge in [-0.2, -0.15) is 0 Å². The quantitative estimate of drug-likeness (QED) is 0.391. The number of rotatable bonds is 5. The lowest BCUT2D eigenvalue weighted by molar-refractivity contribution is -0.119. The van der Waals surface area contributed by atoms with Crippen LogP contribution in [0.4, 0.5) is 5.69 Å². The first-order valence-corrected chi connectivity index (χ1v) is 6.11. The van der Waals surface area contributed by atoms with E-state index in [4.69, 9.17) is 22.1 Å². The van der Waals surface area contributed by atoms with Crippen LogP contribution in [0.2, 0.25) is 5.02 Å². The molecular weight excluding hydrogens is 395 g/mol. The molecule has 112 valence electrons. The molecule has 0 spiro atoms. The molecule has 1 amide bonds. The van der Waals surface area contributed by atoms with Gasteiger partial charge in [0.25, 0.3) is 0 Å². The van der Waals surface area contributed by atoms with Crippen molar-refractivity contribution in [3.05, 3.63) is 23.2 Å². The number of methoxy groups -OCH3 is 1. The summed E-state index contributed by atoms with van der Waals surface area (Å²) in [5.41, 5.74) is 6.32. The molecular formula is C12H18ClIN4O2. The predicted molar refractivity (Wildman–Crippen MR) is 92.2 cm³/mol. The third-order valence-electron chi connectivity index (χ3n) is 2.19. The SMILES string of the molecule is CCNC(=O)CN=C(N)Nc1ccc(OC)c(Cl)c1.I. The first kappa shape index (κ1) is 18.8. The Kier molecular flexibility index (Phi) is 9.06. The monoisotopic (exact) mass is 412 g/mol. The fraction of sp³-hybridized carbons (Fsp3) is 0.333. The summed E-state index contributed by atoms with van der Waals surface area (Å²) in [5.74, 6) is 0.539. The molecule has 20 heavy (non-hydrogen) atoms. The van der Waals surface area contributed by atoms with E-state index in [0.29, 0.717) is 23.0 Å². The Hall–Kier alpha value is -1.22. The molecule has 8 heteroatoms. The summed E-state index contributed by atoms with van der Waals surface area (Å²) in [4.78, 5) is 15.1. The van der Waals surface area contributed by atoms with Crippen molar-refractivity contribution in [3.8, 4) is 5.75 Å². The van der Waals surface area contributed by atoms with Gasteiger partial charge in [-0.15, -0.1) is 24.0 Å². The van der Waals surface area contributed by atoms with Crippen LogP contribution in [0.5, 0.6) is 5.75 Å². The Morgan fingerprint density at radius 3 is 2.75 bits per heavy atom. The summed E-state index contributed by atoms with van der Waals surface area (Å²) in [6, 6.07) is 5.12. The molecule has 0 aromatic heterocycles. The van der Waals surface area contributed by atoms with E-state index < -0.39 is 0 Å². The molecule has 0 radical (unpaired) electrons. The van der Waals surface area contributed by atoms with Gasteiger partial charge in [-0.3, -0.25) is 4.79 Å². The average molecular weight is 413 g/mol. The van der Waals surface area contributed by atoms with Crippen molar-refractivity contribution in [1.29, 1.82) is 0 Å². The molecule has 0 aliphatic heterocycles. The third-order valence-corrected chi connectivity index (χ3v) is 2.49. The number of aliphatic imine (C=N–C) groups is 1. The van der Waals surface area contributed by atoms with Crippen molar-refractivity contribution in [2.75, 3.05) is 25.5 Å². The molecule has 0 fully saturated rings. The van der Waals surface area contributed by atoms with Crippen LogP contribution in [0.3, 0.4) is 0 Å². The van der Waals surface area contributed by atoms with E-state index in [9.17, 15) is 4.79 Å². The number of amides is 1. The summed E-state index contributed by atoms with van der Waals surface area (Å²) in [6.07, 6.45) is 0. The number of hydrogen-bond donors (Lipinski definition) is 3. The van der Waals surface area contributed by atoms with Crippen molar-refractivity contribution in [2.45, 2.75) is 6.92 Å². The first-order valence-electron chi connectivity index (χ1n) is 5.74. The van der Waals surface area contributed by atoms with E-state index in [1.54, 1.807) is 18.2 Å². The van der Waals surface area contributed by atoms with E-state index in [-0.39, 0.29) is 42.4 Å². The second-order valence-corrected chi connectivity index (χ2v) is 4.04. The second-order valence-electron chi connectivity index (χ2n) is 3.63. The number of halogens is 2. The highest BCUT2D eigenvalue weighted by Gasteiger charge is 2.03. The van der Waals surface area contributed by atoms with Gasteiger partial charge >= 0.3 is 0 Å². The minimum absolute atomic E-state index is 0. The summed E-state index contributed by atoms with van der Waals surface area (Å²) in [5, 5.41) is 5.92. The fourth-order valence-corrected chi connectivity index (χ4v) is 1.60. The van der Waals surface area contributed by atoms with Crippen LogP contribution in [-0.2, 0) is 4.79 Å². The van der Waals surface area contributed by atoms with Gasteiger partial charge in [0.15, 0.2) is 5.96 Å². The van der Waals surface area contributed by atoms with Crippen molar-refractivity contribution >= 4 is 53.1 Å². The van der Waals surface area contributed by atoms with E-state index in [1.165, 1.54) is 7.11 Å². The molecule has 0 bridgehead atoms. The Labute approximate surface area is 140 Å². The lowest BCUT2D eigenvalue weighted by Crippen LogP contribution is -2.28. The molecule has 1 rings (SSSR count). The van der Waals surface area contributed by atoms with Crippen LogP contribution in [-0.4, -0.2) is 32.1 Å². The van der Waals surface area contributed by atoms with Crippen molar-refractivity contribution < 1.29 is 9.53 Å². The minimum atomic E-state index is -0.181. The maximum absolute atomic E-state index is 11.2. The molecule has 1 aromatic rings. The highest BCUT2D eigenvalue weighted by Crippen LogP contribution is 2.26. The molecule has 0 aliphatic rings. The van der Waals surface area contributed by atoms with Crippen molar-refractivity contribution in [3.63, 3.8) is 0 Å². The number of nitrogens with two attached hydrogens (primary N) is 1. The zero-order valence-corrected chi connectivity index (χ0v) is 14.4. The summed E-state index contributed by atoms with van der Waals surface area (Å²) < 4.78 is 5.04. The molecule has 1 aromatic carbocycles. The molecule has 0 unspecified atom stereocenters. The predicted octanol–water partition coefficient (Wildman–Crippen LogP) is 1.83. The lowest BCUT2D eigenvalue weighted by atomic mass is 10.3. The highest BCUT2D eigenvalue weighted by molar-refractivity contribution is 14.0. The number of ether oxygens (including phenoxy) is 1. The van der Waals surface area contributed by atoms with Crippen LogP contribution in [0.1, 0.15) is 6.92 Å². The van der Waals surface area contributed by atoms with Crippen LogP contribution < -0.4 is 21.1 Å². The van der Waals surface area contributed by atoms with Crippen LogP contribution in [0.25, 0.3) is 0 Å². The number of carbonyl (C=O) groups excluding carboxylic acids is 1. The summed E-state index contributed by atoms with van der Waals surface area (Å²) in [6.45, 7) is 2.38. The lowest BCUT2D eigenvalue weighted by Gasteiger charge is -2.08. The Morgan fingerprint density at radius 2 is 2.20 bits per heavy atom. The standard InChI is InChI=1S/C12H17ClN4O2.HI/c1-3-15-11(18)7-16-12(14)17-8-4-5-10(19-2)9(13)6-8;/h4-6H,3,7H2,1-2H3,(H,15,18)(H3,14,16,17);1H. The van der Waals surface area contributed by atoms with E-state index >= 15 is 0 Å². The number of guanidine groups is 1. The van der Waals surface area contributed by atoms with Gasteiger partial charge in [0.2, 0.25) is 5.91 Å². The van der Waals surface area contributed by atoms with E-state index in [0.717, 1.165) is 0 Å². The maximum Gasteiger partial charge on any atom is 0.241 e. The molecule has 6 nitrogen and oxygen atoms in total. The molecule has 0 saturated carbocycles. The van der Waals surface area contributed by atoms with Gasteiger partial charge in [0, 0.05) is 12.2 Å². The summed E-state index contributed by atoms with van der Waals surface area (Å²) in [7, 11) is 1.54. The van der Waals surface area contributed by atoms with E-state index in [1.807, 2.05) is 6.92 Å². The topological polar surface area (TPSA) is 88.7 Å². The van der Waals surface area contributed by atoms with Gasteiger partial charge in [-0.1, -0.05) is 11.6 Å². The number of hydrogen-bond acceptors (Lipinski definition) is 3. The fourth-order valence-electron chi connectivity index (χ4n) is 1.34. The highest BCUT2D eigenvalue weighted by atomic mass is 127. The normalized spacial score (nSPS) is 10.4. The zero-order chi connectivity index (χ0) is 14.3. The molecule has 0 saturated heterocycles. The number of benzene rings is 1. The van der Waals surface area contributed by atoms with Gasteiger partial charge in [-0.05, 0) is 25.1 Å². The van der Waals surface area contributed by atoms with Crippen molar-refractivity contribution in [2.24, 2.45) is 10.7 Å². The third kappa shape index (κ3) is 6.29. The number of carbonyl (C=O) groups is 1. The Morgan fingerprint density at radius 1 is 1.50 bits per heavy atom. The van der Waals surface area contributed by atoms with Crippen LogP contribution in [0.15, 0.2) is 23.2 Å². The Balaban J connectivity index is 0.00000361. The largest absolute Gasteiger partial charge is 0.495 e. The van der Waals surface area contributed by atoms with Crippen LogP contribution >= 0.6 is 35.6 Å². The Bertz CT molecular complexity index is 483. The summed E-state index contributed by atoms with van der Waals surface area (Å²) >= 11 is 5.97. The molecule has 0 atom stereocenters. The minimum Gasteiger partial charge on any atom is -0.495 e. The zero-order valence-electron chi connectivity index (χ0n) is 11.3.